The van der Waals surface area contributed by atoms with E-state index >= 15 is 0 Å². The summed E-state index contributed by atoms with van der Waals surface area (Å²) in [5.74, 6) is 0.826. The molecule has 0 radical (unpaired) electrons. The van der Waals surface area contributed by atoms with Crippen molar-refractivity contribution in [1.29, 1.82) is 0 Å². The molecule has 0 spiro atoms. The molecule has 2 aromatic carbocycles. The molecule has 0 amide bonds. The monoisotopic (exact) mass is 392 g/mol. The zero-order valence-electron chi connectivity index (χ0n) is 14.4. The fraction of sp³-hybridized carbons (Fsp3) is 0.200. The fourth-order valence-electron chi connectivity index (χ4n) is 2.58. The average molecular weight is 393 g/mol. The van der Waals surface area contributed by atoms with Gasteiger partial charge in [-0.1, -0.05) is 29.8 Å². The van der Waals surface area contributed by atoms with Gasteiger partial charge in [0.2, 0.25) is 0 Å². The Labute approximate surface area is 161 Å². The Hall–Kier alpha value is -2.08. The average Bonchev–Trinajstić information content (AvgIpc) is 3.15. The van der Waals surface area contributed by atoms with Gasteiger partial charge in [0.15, 0.2) is 11.5 Å². The highest BCUT2D eigenvalue weighted by molar-refractivity contribution is 7.09. The first-order chi connectivity index (χ1) is 12.7. The summed E-state index contributed by atoms with van der Waals surface area (Å²) in [6.07, 6.45) is 0. The van der Waals surface area contributed by atoms with Gasteiger partial charge >= 0.3 is 0 Å². The Morgan fingerprint density at radius 3 is 2.58 bits per heavy atom. The molecule has 0 atom stereocenters. The summed E-state index contributed by atoms with van der Waals surface area (Å²) < 4.78 is 24.2. The van der Waals surface area contributed by atoms with Crippen molar-refractivity contribution in [2.75, 3.05) is 7.11 Å². The van der Waals surface area contributed by atoms with E-state index in [-0.39, 0.29) is 5.82 Å². The Morgan fingerprint density at radius 1 is 1.08 bits per heavy atom. The molecule has 136 valence electrons. The summed E-state index contributed by atoms with van der Waals surface area (Å²) in [5, 5.41) is 4.80. The third-order valence-electron chi connectivity index (χ3n) is 3.89. The third-order valence-corrected chi connectivity index (χ3v) is 5.07. The lowest BCUT2D eigenvalue weighted by atomic mass is 10.2. The molecule has 3 aromatic rings. The van der Waals surface area contributed by atoms with Gasteiger partial charge in [0.1, 0.15) is 25.5 Å². The van der Waals surface area contributed by atoms with Crippen LogP contribution in [0.15, 0.2) is 53.9 Å². The standard InChI is InChI=1S/C20H19ClFNO2S/c1-24-19-10-15(11-23-12-17-3-2-8-26-17)9-18(21)20(19)25-13-14-4-6-16(22)7-5-14/h2-10,23H,11-13H2,1H3/p+1. The SMILES string of the molecule is COc1cc(C[NH2+]Cc2cccs2)cc(Cl)c1OCc1ccc(F)cc1. The van der Waals surface area contributed by atoms with Crippen molar-refractivity contribution in [3.05, 3.63) is 80.8 Å². The second kappa shape index (κ2) is 9.03. The number of hydrogen-bond donors (Lipinski definition) is 1. The number of thiophene rings is 1. The van der Waals surface area contributed by atoms with Gasteiger partial charge in [-0.05, 0) is 41.3 Å². The predicted octanol–water partition coefficient (Wildman–Crippen LogP) is 4.39. The van der Waals surface area contributed by atoms with Crippen molar-refractivity contribution < 1.29 is 19.2 Å². The van der Waals surface area contributed by atoms with Gasteiger partial charge in [-0.3, -0.25) is 0 Å². The number of nitrogens with two attached hydrogens (primary N) is 1. The number of methoxy groups -OCH3 is 1. The number of rotatable bonds is 8. The van der Waals surface area contributed by atoms with Crippen molar-refractivity contribution in [3.63, 3.8) is 0 Å². The highest BCUT2D eigenvalue weighted by Gasteiger charge is 2.13. The molecular weight excluding hydrogens is 373 g/mol. The fourth-order valence-corrected chi connectivity index (χ4v) is 3.57. The summed E-state index contributed by atoms with van der Waals surface area (Å²) in [6.45, 7) is 2.02. The molecule has 26 heavy (non-hydrogen) atoms. The van der Waals surface area contributed by atoms with Crippen LogP contribution in [0, 0.1) is 5.82 Å². The van der Waals surface area contributed by atoms with E-state index in [1.807, 2.05) is 12.1 Å². The van der Waals surface area contributed by atoms with Gasteiger partial charge < -0.3 is 14.8 Å². The van der Waals surface area contributed by atoms with Crippen molar-refractivity contribution in [2.45, 2.75) is 19.7 Å². The van der Waals surface area contributed by atoms with Crippen LogP contribution in [0.4, 0.5) is 4.39 Å². The number of quaternary nitrogens is 1. The molecule has 1 heterocycles. The number of hydrogen-bond acceptors (Lipinski definition) is 3. The molecule has 0 aliphatic rings. The predicted molar refractivity (Wildman–Crippen MR) is 102 cm³/mol. The minimum Gasteiger partial charge on any atom is -0.493 e. The van der Waals surface area contributed by atoms with E-state index in [2.05, 4.69) is 22.8 Å². The van der Waals surface area contributed by atoms with E-state index in [0.29, 0.717) is 23.1 Å². The zero-order valence-corrected chi connectivity index (χ0v) is 15.9. The molecule has 0 fully saturated rings. The van der Waals surface area contributed by atoms with Crippen molar-refractivity contribution in [2.24, 2.45) is 0 Å². The summed E-state index contributed by atoms with van der Waals surface area (Å²) in [4.78, 5) is 1.34. The highest BCUT2D eigenvalue weighted by atomic mass is 35.5. The van der Waals surface area contributed by atoms with Gasteiger partial charge in [-0.25, -0.2) is 4.39 Å². The lowest BCUT2D eigenvalue weighted by molar-refractivity contribution is -0.685. The molecule has 6 heteroatoms. The van der Waals surface area contributed by atoms with E-state index in [9.17, 15) is 4.39 Å². The smallest absolute Gasteiger partial charge is 0.180 e. The van der Waals surface area contributed by atoms with Crippen LogP contribution in [0.3, 0.4) is 0 Å². The molecule has 1 aromatic heterocycles. The van der Waals surface area contributed by atoms with Gasteiger partial charge in [-0.2, -0.15) is 0 Å². The van der Waals surface area contributed by atoms with E-state index < -0.39 is 0 Å². The second-order valence-electron chi connectivity index (χ2n) is 5.80. The summed E-state index contributed by atoms with van der Waals surface area (Å²) in [5.41, 5.74) is 1.93. The minimum atomic E-state index is -0.271. The van der Waals surface area contributed by atoms with Gasteiger partial charge in [0, 0.05) is 5.56 Å². The van der Waals surface area contributed by atoms with E-state index in [1.54, 1.807) is 30.6 Å². The number of ether oxygens (including phenoxy) is 2. The Bertz CT molecular complexity index is 838. The van der Waals surface area contributed by atoms with E-state index in [1.165, 1.54) is 17.0 Å². The zero-order chi connectivity index (χ0) is 18.4. The van der Waals surface area contributed by atoms with E-state index in [0.717, 1.165) is 24.2 Å². The van der Waals surface area contributed by atoms with Crippen LogP contribution in [0.1, 0.15) is 16.0 Å². The maximum absolute atomic E-state index is 13.0. The van der Waals surface area contributed by atoms with Crippen LogP contribution in [-0.4, -0.2) is 7.11 Å². The normalized spacial score (nSPS) is 10.7. The Morgan fingerprint density at radius 2 is 1.88 bits per heavy atom. The van der Waals surface area contributed by atoms with Crippen LogP contribution in [0.2, 0.25) is 5.02 Å². The largest absolute Gasteiger partial charge is 0.493 e. The molecule has 0 aliphatic carbocycles. The maximum Gasteiger partial charge on any atom is 0.180 e. The van der Waals surface area contributed by atoms with Crippen molar-refractivity contribution >= 4 is 22.9 Å². The van der Waals surface area contributed by atoms with Crippen molar-refractivity contribution in [1.82, 2.24) is 0 Å². The molecule has 0 saturated heterocycles. The quantitative estimate of drug-likeness (QED) is 0.617. The molecule has 3 rings (SSSR count). The van der Waals surface area contributed by atoms with E-state index in [4.69, 9.17) is 21.1 Å². The lowest BCUT2D eigenvalue weighted by Gasteiger charge is -2.14. The molecule has 0 unspecified atom stereocenters. The summed E-state index contributed by atoms with van der Waals surface area (Å²) in [7, 11) is 1.59. The Balaban J connectivity index is 1.65. The van der Waals surface area contributed by atoms with Crippen LogP contribution in [-0.2, 0) is 19.7 Å². The lowest BCUT2D eigenvalue weighted by Crippen LogP contribution is -2.80. The van der Waals surface area contributed by atoms with Gasteiger partial charge in [-0.15, -0.1) is 11.3 Å². The first-order valence-corrected chi connectivity index (χ1v) is 9.49. The van der Waals surface area contributed by atoms with Gasteiger partial charge in [0.25, 0.3) is 0 Å². The first kappa shape index (κ1) is 18.7. The molecule has 0 bridgehead atoms. The first-order valence-electron chi connectivity index (χ1n) is 8.23. The second-order valence-corrected chi connectivity index (χ2v) is 7.24. The maximum atomic E-state index is 13.0. The number of benzene rings is 2. The topological polar surface area (TPSA) is 35.1 Å². The van der Waals surface area contributed by atoms with Crippen LogP contribution >= 0.6 is 22.9 Å². The summed E-state index contributed by atoms with van der Waals surface area (Å²) in [6, 6.07) is 14.2. The summed E-state index contributed by atoms with van der Waals surface area (Å²) >= 11 is 8.16. The van der Waals surface area contributed by atoms with Crippen LogP contribution < -0.4 is 14.8 Å². The van der Waals surface area contributed by atoms with Crippen LogP contribution in [0.25, 0.3) is 0 Å². The minimum absolute atomic E-state index is 0.271. The highest BCUT2D eigenvalue weighted by Crippen LogP contribution is 2.36. The third kappa shape index (κ3) is 4.97. The van der Waals surface area contributed by atoms with Gasteiger partial charge in [0.05, 0.1) is 17.0 Å². The van der Waals surface area contributed by atoms with Crippen molar-refractivity contribution in [3.8, 4) is 11.5 Å². The Kier molecular flexibility index (Phi) is 6.50. The molecule has 0 aliphatic heterocycles. The molecule has 3 nitrogen and oxygen atoms in total. The molecular formula is C20H20ClFNO2S+. The molecule has 2 N–H and O–H groups in total. The number of halogens is 2. The van der Waals surface area contributed by atoms with Crippen LogP contribution in [0.5, 0.6) is 11.5 Å². The molecule has 0 saturated carbocycles.